The van der Waals surface area contributed by atoms with E-state index in [1.54, 1.807) is 0 Å². The van der Waals surface area contributed by atoms with Crippen molar-refractivity contribution in [2.45, 2.75) is 13.8 Å². The predicted molar refractivity (Wildman–Crippen MR) is 184 cm³/mol. The van der Waals surface area contributed by atoms with Crippen LogP contribution in [0.1, 0.15) is 19.4 Å². The van der Waals surface area contributed by atoms with Crippen LogP contribution < -0.4 is 4.90 Å². The highest BCUT2D eigenvalue weighted by atomic mass is 15.1. The van der Waals surface area contributed by atoms with Crippen molar-refractivity contribution in [1.82, 2.24) is 0 Å². The minimum atomic E-state index is 1.20. The Bertz CT molecular complexity index is 2040. The molecular formula is C41H33N. The Balaban J connectivity index is 1.53. The number of allylic oxidation sites excluding steroid dienone is 4. The number of hydrogen-bond acceptors (Lipinski definition) is 1. The second-order valence-corrected chi connectivity index (χ2v) is 11.0. The average Bonchev–Trinajstić information content (AvgIpc) is 3.06. The summed E-state index contributed by atoms with van der Waals surface area (Å²) in [4.78, 5) is 2.35. The Labute approximate surface area is 248 Å². The van der Waals surface area contributed by atoms with Gasteiger partial charge in [0.05, 0.1) is 0 Å². The van der Waals surface area contributed by atoms with Crippen LogP contribution in [-0.2, 0) is 0 Å². The molecule has 0 unspecified atom stereocenters. The van der Waals surface area contributed by atoms with Crippen molar-refractivity contribution in [2.75, 3.05) is 11.9 Å². The fourth-order valence-corrected chi connectivity index (χ4v) is 6.45. The van der Waals surface area contributed by atoms with Crippen LogP contribution in [0.5, 0.6) is 0 Å². The molecule has 0 N–H and O–H groups in total. The molecule has 0 spiro atoms. The van der Waals surface area contributed by atoms with E-state index in [1.807, 2.05) is 0 Å². The smallest absolute Gasteiger partial charge is 0.0488 e. The first-order valence-electron chi connectivity index (χ1n) is 14.6. The van der Waals surface area contributed by atoms with Gasteiger partial charge in [-0.15, -0.1) is 0 Å². The summed E-state index contributed by atoms with van der Waals surface area (Å²) in [5, 5.41) is 7.77. The van der Waals surface area contributed by atoms with E-state index in [9.17, 15) is 0 Å². The minimum Gasteiger partial charge on any atom is -0.344 e. The van der Waals surface area contributed by atoms with Gasteiger partial charge in [0, 0.05) is 29.4 Å². The largest absolute Gasteiger partial charge is 0.344 e. The lowest BCUT2D eigenvalue weighted by Gasteiger charge is -2.26. The molecule has 0 aromatic heterocycles. The molecule has 0 heterocycles. The van der Waals surface area contributed by atoms with E-state index in [0.29, 0.717) is 0 Å². The Morgan fingerprint density at radius 2 is 1.14 bits per heavy atom. The summed E-state index contributed by atoms with van der Waals surface area (Å²) in [6.45, 7) is 4.24. The summed E-state index contributed by atoms with van der Waals surface area (Å²) in [6, 6.07) is 46.5. The van der Waals surface area contributed by atoms with E-state index >= 15 is 0 Å². The summed E-state index contributed by atoms with van der Waals surface area (Å²) in [5.41, 5.74) is 9.89. The number of rotatable bonds is 6. The van der Waals surface area contributed by atoms with E-state index in [4.69, 9.17) is 0 Å². The van der Waals surface area contributed by atoms with Gasteiger partial charge in [0.15, 0.2) is 0 Å². The van der Waals surface area contributed by atoms with E-state index < -0.39 is 0 Å². The lowest BCUT2D eigenvalue weighted by molar-refractivity contribution is 1.21. The second-order valence-electron chi connectivity index (χ2n) is 11.0. The zero-order valence-electron chi connectivity index (χ0n) is 24.3. The summed E-state index contributed by atoms with van der Waals surface area (Å²) in [6.07, 6.45) is 6.37. The van der Waals surface area contributed by atoms with Crippen molar-refractivity contribution >= 4 is 49.3 Å². The molecule has 0 saturated heterocycles. The van der Waals surface area contributed by atoms with Crippen LogP contribution in [0, 0.1) is 0 Å². The molecule has 0 aliphatic heterocycles. The maximum absolute atomic E-state index is 2.38. The molecular weight excluding hydrogens is 506 g/mol. The highest BCUT2D eigenvalue weighted by Crippen LogP contribution is 2.46. The molecule has 1 heteroatoms. The number of hydrogen-bond donors (Lipinski definition) is 0. The lowest BCUT2D eigenvalue weighted by atomic mass is 9.85. The number of anilines is 2. The molecule has 7 aromatic rings. The molecule has 7 aromatic carbocycles. The third kappa shape index (κ3) is 4.26. The quantitative estimate of drug-likeness (QED) is 0.150. The topological polar surface area (TPSA) is 3.24 Å². The molecule has 0 aliphatic carbocycles. The van der Waals surface area contributed by atoms with Crippen LogP contribution in [-0.4, -0.2) is 7.05 Å². The lowest BCUT2D eigenvalue weighted by Crippen LogP contribution is -2.12. The maximum Gasteiger partial charge on any atom is 0.0488 e. The van der Waals surface area contributed by atoms with Crippen LogP contribution in [0.15, 0.2) is 146 Å². The Morgan fingerprint density at radius 1 is 0.571 bits per heavy atom. The number of nitrogens with zero attached hydrogens (tertiary/aromatic N) is 1. The van der Waals surface area contributed by atoms with E-state index in [0.717, 1.165) is 0 Å². The van der Waals surface area contributed by atoms with E-state index in [-0.39, 0.29) is 0 Å². The van der Waals surface area contributed by atoms with Gasteiger partial charge >= 0.3 is 0 Å². The Morgan fingerprint density at radius 3 is 1.81 bits per heavy atom. The highest BCUT2D eigenvalue weighted by molar-refractivity contribution is 6.30. The Hall–Kier alpha value is -5.14. The van der Waals surface area contributed by atoms with Crippen molar-refractivity contribution in [2.24, 2.45) is 0 Å². The third-order valence-corrected chi connectivity index (χ3v) is 8.52. The summed E-state index contributed by atoms with van der Waals surface area (Å²) in [7, 11) is 2.19. The van der Waals surface area contributed by atoms with Gasteiger partial charge in [-0.1, -0.05) is 127 Å². The van der Waals surface area contributed by atoms with Crippen molar-refractivity contribution < 1.29 is 0 Å². The normalized spacial score (nSPS) is 12.2. The standard InChI is InChI=1S/C41H33N/c1-4-5-14-28(2)32-19-12-13-20-38(32)42(3)39-26-22-31-21-23-33-36(29-15-8-6-9-16-29)27-37(30-17-10-7-11-18-30)34-24-25-35(39)40(31)41(33)34/h4-27H,1-3H3/b5-4-,28-14+. The van der Waals surface area contributed by atoms with Crippen molar-refractivity contribution in [3.05, 3.63) is 151 Å². The molecule has 0 amide bonds. The first kappa shape index (κ1) is 25.8. The molecule has 0 atom stereocenters. The predicted octanol–water partition coefficient (Wildman–Crippen LogP) is 11.7. The minimum absolute atomic E-state index is 1.20. The van der Waals surface area contributed by atoms with Crippen LogP contribution in [0.25, 0.3) is 60.1 Å². The van der Waals surface area contributed by atoms with Crippen LogP contribution >= 0.6 is 0 Å². The van der Waals surface area contributed by atoms with Gasteiger partial charge in [0.2, 0.25) is 0 Å². The van der Waals surface area contributed by atoms with E-state index in [2.05, 4.69) is 171 Å². The molecule has 1 nitrogen and oxygen atoms in total. The second kappa shape index (κ2) is 10.7. The molecule has 7 rings (SSSR count). The zero-order chi connectivity index (χ0) is 28.6. The van der Waals surface area contributed by atoms with Gasteiger partial charge in [0.1, 0.15) is 0 Å². The molecule has 0 fully saturated rings. The summed E-state index contributed by atoms with van der Waals surface area (Å²) < 4.78 is 0. The fraction of sp³-hybridized carbons (Fsp3) is 0.0732. The molecule has 0 saturated carbocycles. The monoisotopic (exact) mass is 539 g/mol. The van der Waals surface area contributed by atoms with Crippen LogP contribution in [0.4, 0.5) is 11.4 Å². The van der Waals surface area contributed by atoms with Gasteiger partial charge in [-0.05, 0) is 86.8 Å². The average molecular weight is 540 g/mol. The third-order valence-electron chi connectivity index (χ3n) is 8.52. The summed E-state index contributed by atoms with van der Waals surface area (Å²) in [5.74, 6) is 0. The van der Waals surface area contributed by atoms with Gasteiger partial charge in [0.25, 0.3) is 0 Å². The molecule has 0 bridgehead atoms. The van der Waals surface area contributed by atoms with Crippen molar-refractivity contribution in [3.8, 4) is 22.3 Å². The number of benzene rings is 7. The number of para-hydroxylation sites is 1. The zero-order valence-corrected chi connectivity index (χ0v) is 24.3. The van der Waals surface area contributed by atoms with Gasteiger partial charge in [-0.25, -0.2) is 0 Å². The first-order valence-corrected chi connectivity index (χ1v) is 14.6. The SMILES string of the molecule is C/C=C\C=C(/C)c1ccccc1N(C)c1ccc2ccc3c(-c4ccccc4)cc(-c4ccccc4)c4ccc1c2c34. The van der Waals surface area contributed by atoms with Gasteiger partial charge < -0.3 is 4.90 Å². The first-order chi connectivity index (χ1) is 20.7. The molecule has 202 valence electrons. The molecule has 0 aliphatic rings. The van der Waals surface area contributed by atoms with Crippen LogP contribution in [0.3, 0.4) is 0 Å². The van der Waals surface area contributed by atoms with Crippen molar-refractivity contribution in [1.29, 1.82) is 0 Å². The van der Waals surface area contributed by atoms with Crippen molar-refractivity contribution in [3.63, 3.8) is 0 Å². The highest BCUT2D eigenvalue weighted by Gasteiger charge is 2.20. The molecule has 42 heavy (non-hydrogen) atoms. The maximum atomic E-state index is 2.38. The van der Waals surface area contributed by atoms with Gasteiger partial charge in [-0.3, -0.25) is 0 Å². The van der Waals surface area contributed by atoms with Gasteiger partial charge in [-0.2, -0.15) is 0 Å². The fourth-order valence-electron chi connectivity index (χ4n) is 6.45. The Kier molecular flexibility index (Phi) is 6.56. The summed E-state index contributed by atoms with van der Waals surface area (Å²) >= 11 is 0. The van der Waals surface area contributed by atoms with Crippen LogP contribution in [0.2, 0.25) is 0 Å². The molecule has 0 radical (unpaired) electrons. The van der Waals surface area contributed by atoms with E-state index in [1.165, 1.54) is 77.1 Å².